The highest BCUT2D eigenvalue weighted by Gasteiger charge is 2.07. The van der Waals surface area contributed by atoms with Crippen molar-refractivity contribution < 1.29 is 4.52 Å². The Morgan fingerprint density at radius 3 is 2.62 bits per heavy atom. The Balaban J connectivity index is 1.64. The predicted molar refractivity (Wildman–Crippen MR) is 89.6 cm³/mol. The minimum atomic E-state index is -0.0431. The lowest BCUT2D eigenvalue weighted by Gasteiger charge is -2.07. The Kier molecular flexibility index (Phi) is 3.42. The highest BCUT2D eigenvalue weighted by atomic mass is 16.5. The van der Waals surface area contributed by atoms with Crippen molar-refractivity contribution in [2.24, 2.45) is 0 Å². The van der Waals surface area contributed by atoms with Gasteiger partial charge in [0.1, 0.15) is 0 Å². The quantitative estimate of drug-likeness (QED) is 0.581. The lowest BCUT2D eigenvalue weighted by atomic mass is 10.1. The maximum absolute atomic E-state index is 12.5. The average Bonchev–Trinajstić information content (AvgIpc) is 3.05. The molecule has 2 aromatic heterocycles. The highest BCUT2D eigenvalue weighted by molar-refractivity contribution is 5.76. The van der Waals surface area contributed by atoms with Crippen molar-refractivity contribution in [1.82, 2.24) is 19.7 Å². The van der Waals surface area contributed by atoms with Gasteiger partial charge in [0.15, 0.2) is 0 Å². The largest absolute Gasteiger partial charge is 0.339 e. The summed E-state index contributed by atoms with van der Waals surface area (Å²) in [5.41, 5.74) is 2.54. The molecule has 0 saturated heterocycles. The summed E-state index contributed by atoms with van der Waals surface area (Å²) in [6.07, 6.45) is 1.58. The zero-order valence-electron chi connectivity index (χ0n) is 13.0. The molecule has 6 nitrogen and oxygen atoms in total. The second-order valence-electron chi connectivity index (χ2n) is 5.53. The minimum Gasteiger partial charge on any atom is -0.339 e. The van der Waals surface area contributed by atoms with Gasteiger partial charge in [0.05, 0.1) is 23.8 Å². The number of rotatable bonds is 3. The number of aryl methyl sites for hydroxylation is 1. The van der Waals surface area contributed by atoms with E-state index < -0.39 is 0 Å². The van der Waals surface area contributed by atoms with Crippen LogP contribution in [0.4, 0.5) is 0 Å². The number of para-hydroxylation sites is 1. The molecule has 0 aliphatic carbocycles. The number of benzene rings is 2. The first-order valence-electron chi connectivity index (χ1n) is 7.54. The third-order valence-electron chi connectivity index (χ3n) is 3.82. The summed E-state index contributed by atoms with van der Waals surface area (Å²) < 4.78 is 6.59. The third-order valence-corrected chi connectivity index (χ3v) is 3.82. The summed E-state index contributed by atoms with van der Waals surface area (Å²) >= 11 is 0. The fourth-order valence-corrected chi connectivity index (χ4v) is 2.59. The predicted octanol–water partition coefficient (Wildman–Crippen LogP) is 2.80. The monoisotopic (exact) mass is 318 g/mol. The average molecular weight is 318 g/mol. The summed E-state index contributed by atoms with van der Waals surface area (Å²) in [6.45, 7) is 2.21. The van der Waals surface area contributed by atoms with Crippen LogP contribution in [-0.4, -0.2) is 19.7 Å². The van der Waals surface area contributed by atoms with Crippen LogP contribution in [0.5, 0.6) is 0 Å². The van der Waals surface area contributed by atoms with Gasteiger partial charge >= 0.3 is 0 Å². The van der Waals surface area contributed by atoms with Gasteiger partial charge in [-0.05, 0) is 17.7 Å². The zero-order chi connectivity index (χ0) is 16.5. The van der Waals surface area contributed by atoms with Gasteiger partial charge in [0.2, 0.25) is 11.7 Å². The first-order valence-corrected chi connectivity index (χ1v) is 7.54. The molecule has 4 rings (SSSR count). The molecule has 0 atom stereocenters. The molecule has 0 amide bonds. The summed E-state index contributed by atoms with van der Waals surface area (Å²) in [7, 11) is 0. The van der Waals surface area contributed by atoms with Crippen LogP contribution in [-0.2, 0) is 6.54 Å². The van der Waals surface area contributed by atoms with Crippen molar-refractivity contribution in [2.45, 2.75) is 13.5 Å². The molecular formula is C18H14N4O2. The van der Waals surface area contributed by atoms with E-state index in [1.54, 1.807) is 23.9 Å². The van der Waals surface area contributed by atoms with Gasteiger partial charge in [-0.1, -0.05) is 41.6 Å². The smallest absolute Gasteiger partial charge is 0.261 e. The van der Waals surface area contributed by atoms with E-state index in [1.807, 2.05) is 42.5 Å². The molecule has 2 aromatic carbocycles. The Morgan fingerprint density at radius 2 is 1.88 bits per heavy atom. The lowest BCUT2D eigenvalue weighted by Crippen LogP contribution is -2.21. The van der Waals surface area contributed by atoms with Crippen LogP contribution in [0.2, 0.25) is 0 Å². The van der Waals surface area contributed by atoms with Gasteiger partial charge in [-0.2, -0.15) is 4.98 Å². The maximum atomic E-state index is 12.5. The molecule has 0 saturated carbocycles. The first kappa shape index (κ1) is 14.3. The molecular weight excluding hydrogens is 304 g/mol. The Hall–Kier alpha value is -3.28. The van der Waals surface area contributed by atoms with Gasteiger partial charge in [-0.3, -0.25) is 9.36 Å². The first-order chi connectivity index (χ1) is 11.7. The Morgan fingerprint density at radius 1 is 1.08 bits per heavy atom. The number of hydrogen-bond acceptors (Lipinski definition) is 5. The Labute approximate surface area is 137 Å². The van der Waals surface area contributed by atoms with E-state index >= 15 is 0 Å². The molecule has 0 N–H and O–H groups in total. The van der Waals surface area contributed by atoms with Crippen molar-refractivity contribution in [3.05, 3.63) is 76.7 Å². The molecule has 4 aromatic rings. The van der Waals surface area contributed by atoms with Crippen molar-refractivity contribution in [2.75, 3.05) is 0 Å². The van der Waals surface area contributed by atoms with E-state index in [4.69, 9.17) is 4.52 Å². The van der Waals surface area contributed by atoms with Gasteiger partial charge in [0, 0.05) is 12.5 Å². The normalized spacial score (nSPS) is 11.0. The van der Waals surface area contributed by atoms with Crippen LogP contribution in [0, 0.1) is 6.92 Å². The summed E-state index contributed by atoms with van der Waals surface area (Å²) in [4.78, 5) is 21.1. The van der Waals surface area contributed by atoms with Crippen molar-refractivity contribution >= 4 is 10.9 Å². The van der Waals surface area contributed by atoms with Crippen LogP contribution in [0.1, 0.15) is 11.5 Å². The molecule has 6 heteroatoms. The van der Waals surface area contributed by atoms with E-state index in [0.717, 1.165) is 11.1 Å². The van der Waals surface area contributed by atoms with Crippen LogP contribution in [0.3, 0.4) is 0 Å². The standard InChI is InChI=1S/C18H14N4O2/c1-12-20-17(21-24-12)14-8-6-13(7-9-14)10-22-11-19-16-5-3-2-4-15(16)18(22)23/h2-9,11H,10H2,1H3. The zero-order valence-corrected chi connectivity index (χ0v) is 13.0. The lowest BCUT2D eigenvalue weighted by molar-refractivity contribution is 0.394. The summed E-state index contributed by atoms with van der Waals surface area (Å²) in [5, 5.41) is 4.52. The molecule has 0 aliphatic heterocycles. The van der Waals surface area contributed by atoms with Crippen LogP contribution in [0.15, 0.2) is 64.2 Å². The molecule has 2 heterocycles. The van der Waals surface area contributed by atoms with Crippen molar-refractivity contribution in [3.8, 4) is 11.4 Å². The fraction of sp³-hybridized carbons (Fsp3) is 0.111. The molecule has 24 heavy (non-hydrogen) atoms. The maximum Gasteiger partial charge on any atom is 0.261 e. The van der Waals surface area contributed by atoms with E-state index in [9.17, 15) is 4.79 Å². The molecule has 0 radical (unpaired) electrons. The number of aromatic nitrogens is 4. The second kappa shape index (κ2) is 5.73. The summed E-state index contributed by atoms with van der Waals surface area (Å²) in [5.74, 6) is 1.09. The van der Waals surface area contributed by atoms with Crippen LogP contribution in [0.25, 0.3) is 22.3 Å². The Bertz CT molecular complexity index is 1060. The molecule has 118 valence electrons. The number of nitrogens with zero attached hydrogens (tertiary/aromatic N) is 4. The highest BCUT2D eigenvalue weighted by Crippen LogP contribution is 2.16. The molecule has 0 unspecified atom stereocenters. The van der Waals surface area contributed by atoms with Gasteiger partial charge in [0.25, 0.3) is 5.56 Å². The van der Waals surface area contributed by atoms with E-state index in [1.165, 1.54) is 0 Å². The van der Waals surface area contributed by atoms with E-state index in [2.05, 4.69) is 15.1 Å². The molecule has 0 bridgehead atoms. The second-order valence-corrected chi connectivity index (χ2v) is 5.53. The van der Waals surface area contributed by atoms with E-state index in [0.29, 0.717) is 29.2 Å². The van der Waals surface area contributed by atoms with Gasteiger partial charge in [-0.25, -0.2) is 4.98 Å². The SMILES string of the molecule is Cc1nc(-c2ccc(Cn3cnc4ccccc4c3=O)cc2)no1. The van der Waals surface area contributed by atoms with Crippen molar-refractivity contribution in [1.29, 1.82) is 0 Å². The molecule has 0 fully saturated rings. The summed E-state index contributed by atoms with van der Waals surface area (Å²) in [6, 6.07) is 15.1. The minimum absolute atomic E-state index is 0.0431. The topological polar surface area (TPSA) is 73.8 Å². The van der Waals surface area contributed by atoms with Gasteiger partial charge < -0.3 is 4.52 Å². The van der Waals surface area contributed by atoms with Gasteiger partial charge in [-0.15, -0.1) is 0 Å². The molecule has 0 spiro atoms. The van der Waals surface area contributed by atoms with Crippen LogP contribution >= 0.6 is 0 Å². The van der Waals surface area contributed by atoms with E-state index in [-0.39, 0.29) is 5.56 Å². The number of hydrogen-bond donors (Lipinski definition) is 0. The van der Waals surface area contributed by atoms with Crippen LogP contribution < -0.4 is 5.56 Å². The molecule has 0 aliphatic rings. The third kappa shape index (κ3) is 2.58. The van der Waals surface area contributed by atoms with Crippen molar-refractivity contribution in [3.63, 3.8) is 0 Å². The fourth-order valence-electron chi connectivity index (χ4n) is 2.59. The number of fused-ring (bicyclic) bond motifs is 1.